The highest BCUT2D eigenvalue weighted by Crippen LogP contribution is 2.33. The fourth-order valence-electron chi connectivity index (χ4n) is 6.72. The maximum absolute atomic E-state index is 14.0. The summed E-state index contributed by atoms with van der Waals surface area (Å²) in [7, 11) is 0. The van der Waals surface area contributed by atoms with Gasteiger partial charge in [0.2, 0.25) is 5.91 Å². The SMILES string of the molecule is C[C@H]1CCCCN1CCCN1C(=O)c2cc3ccccc3n2C[C@@]1(C)C(=O)NC1CCCCCCC1. The zero-order chi connectivity index (χ0) is 25.1. The van der Waals surface area contributed by atoms with Crippen molar-refractivity contribution in [2.75, 3.05) is 19.6 Å². The number of hydrogen-bond donors (Lipinski definition) is 1. The predicted molar refractivity (Wildman–Crippen MR) is 145 cm³/mol. The average molecular weight is 493 g/mol. The molecule has 6 heteroatoms. The summed E-state index contributed by atoms with van der Waals surface area (Å²) in [5.74, 6) is -0.00402. The van der Waals surface area contributed by atoms with E-state index in [1.165, 1.54) is 51.4 Å². The fraction of sp³-hybridized carbons (Fsp3) is 0.667. The number of piperidine rings is 1. The Labute approximate surface area is 216 Å². The fourth-order valence-corrected chi connectivity index (χ4v) is 6.72. The molecule has 0 unspecified atom stereocenters. The van der Waals surface area contributed by atoms with Gasteiger partial charge in [-0.2, -0.15) is 0 Å². The number of likely N-dealkylation sites (tertiary alicyclic amines) is 1. The Hall–Kier alpha value is -2.34. The van der Waals surface area contributed by atoms with E-state index in [0.717, 1.165) is 43.3 Å². The molecule has 5 rings (SSSR count). The number of amides is 2. The van der Waals surface area contributed by atoms with Gasteiger partial charge in [-0.3, -0.25) is 9.59 Å². The summed E-state index contributed by atoms with van der Waals surface area (Å²) in [5.41, 5.74) is 0.841. The van der Waals surface area contributed by atoms with E-state index in [4.69, 9.17) is 0 Å². The van der Waals surface area contributed by atoms with Crippen LogP contribution in [-0.4, -0.2) is 63.4 Å². The predicted octanol–water partition coefficient (Wildman–Crippen LogP) is 5.35. The number of carbonyl (C=O) groups excluding carboxylic acids is 2. The Balaban J connectivity index is 1.39. The van der Waals surface area contributed by atoms with Crippen molar-refractivity contribution in [2.45, 2.75) is 109 Å². The highest BCUT2D eigenvalue weighted by molar-refractivity contribution is 6.03. The molecule has 3 aliphatic rings. The van der Waals surface area contributed by atoms with Gasteiger partial charge in [0.25, 0.3) is 5.91 Å². The third-order valence-electron chi connectivity index (χ3n) is 9.03. The zero-order valence-corrected chi connectivity index (χ0v) is 22.3. The minimum Gasteiger partial charge on any atom is -0.351 e. The van der Waals surface area contributed by atoms with Crippen LogP contribution in [-0.2, 0) is 11.3 Å². The summed E-state index contributed by atoms with van der Waals surface area (Å²) in [6.07, 6.45) is 13.0. The maximum Gasteiger partial charge on any atom is 0.271 e. The number of nitrogens with one attached hydrogen (secondary N) is 1. The lowest BCUT2D eigenvalue weighted by Gasteiger charge is -2.45. The molecule has 2 aliphatic heterocycles. The normalized spacial score (nSPS) is 26.4. The first kappa shape index (κ1) is 25.3. The molecule has 2 fully saturated rings. The lowest BCUT2D eigenvalue weighted by molar-refractivity contribution is -0.133. The number of aromatic nitrogens is 1. The van der Waals surface area contributed by atoms with Crippen LogP contribution in [0.4, 0.5) is 0 Å². The molecule has 1 aromatic carbocycles. The minimum atomic E-state index is -0.901. The molecule has 1 saturated carbocycles. The van der Waals surface area contributed by atoms with Gasteiger partial charge in [-0.15, -0.1) is 0 Å². The van der Waals surface area contributed by atoms with Gasteiger partial charge < -0.3 is 19.7 Å². The molecule has 2 amide bonds. The molecule has 0 radical (unpaired) electrons. The molecule has 2 atom stereocenters. The summed E-state index contributed by atoms with van der Waals surface area (Å²) in [6, 6.07) is 11.0. The summed E-state index contributed by atoms with van der Waals surface area (Å²) < 4.78 is 2.08. The van der Waals surface area contributed by atoms with Crippen LogP contribution in [0.15, 0.2) is 30.3 Å². The Morgan fingerprint density at radius 1 is 1.00 bits per heavy atom. The van der Waals surface area contributed by atoms with Crippen LogP contribution in [0.1, 0.15) is 95.0 Å². The average Bonchev–Trinajstić information content (AvgIpc) is 3.22. The molecule has 0 spiro atoms. The standard InChI is InChI=1S/C30H44N4O2/c1-23-13-10-11-18-32(23)19-12-20-34-28(35)27-21-24-14-8-9-17-26(24)33(27)22-30(34,2)29(36)31-25-15-6-4-3-5-7-16-25/h8-9,14,17,21,23,25H,3-7,10-13,15-16,18-20,22H2,1-2H3,(H,31,36)/t23-,30-/m0/s1. The van der Waals surface area contributed by atoms with Gasteiger partial charge in [-0.05, 0) is 64.6 Å². The molecule has 6 nitrogen and oxygen atoms in total. The Kier molecular flexibility index (Phi) is 7.71. The van der Waals surface area contributed by atoms with Crippen molar-refractivity contribution in [2.24, 2.45) is 0 Å². The second-order valence-electron chi connectivity index (χ2n) is 11.7. The molecule has 1 aliphatic carbocycles. The van der Waals surface area contributed by atoms with E-state index in [9.17, 15) is 9.59 Å². The van der Waals surface area contributed by atoms with Crippen LogP contribution < -0.4 is 5.32 Å². The van der Waals surface area contributed by atoms with Crippen LogP contribution in [0.3, 0.4) is 0 Å². The van der Waals surface area contributed by atoms with Crippen LogP contribution in [0.5, 0.6) is 0 Å². The number of hydrogen-bond acceptors (Lipinski definition) is 3. The van der Waals surface area contributed by atoms with Crippen molar-refractivity contribution in [3.05, 3.63) is 36.0 Å². The van der Waals surface area contributed by atoms with Crippen molar-refractivity contribution >= 4 is 22.7 Å². The van der Waals surface area contributed by atoms with Crippen molar-refractivity contribution in [3.63, 3.8) is 0 Å². The monoisotopic (exact) mass is 492 g/mol. The van der Waals surface area contributed by atoms with E-state index < -0.39 is 5.54 Å². The number of benzene rings is 1. The molecule has 3 heterocycles. The second-order valence-corrected chi connectivity index (χ2v) is 11.7. The van der Waals surface area contributed by atoms with Crippen molar-refractivity contribution < 1.29 is 9.59 Å². The van der Waals surface area contributed by atoms with Gasteiger partial charge in [0, 0.05) is 36.1 Å². The number of rotatable bonds is 6. The Morgan fingerprint density at radius 2 is 1.72 bits per heavy atom. The zero-order valence-electron chi connectivity index (χ0n) is 22.3. The van der Waals surface area contributed by atoms with Gasteiger partial charge in [0.05, 0.1) is 6.54 Å². The summed E-state index contributed by atoms with van der Waals surface area (Å²) in [4.78, 5) is 32.4. The van der Waals surface area contributed by atoms with E-state index in [0.29, 0.717) is 24.8 Å². The Morgan fingerprint density at radius 3 is 2.50 bits per heavy atom. The molecule has 36 heavy (non-hydrogen) atoms. The molecular formula is C30H44N4O2. The van der Waals surface area contributed by atoms with E-state index >= 15 is 0 Å². The molecule has 0 bridgehead atoms. The van der Waals surface area contributed by atoms with Crippen LogP contribution >= 0.6 is 0 Å². The molecule has 1 N–H and O–H groups in total. The van der Waals surface area contributed by atoms with Crippen LogP contribution in [0.2, 0.25) is 0 Å². The lowest BCUT2D eigenvalue weighted by Crippen LogP contribution is -2.65. The lowest BCUT2D eigenvalue weighted by atomic mass is 9.92. The quantitative estimate of drug-likeness (QED) is 0.591. The first-order chi connectivity index (χ1) is 17.5. The first-order valence-corrected chi connectivity index (χ1v) is 14.4. The summed E-state index contributed by atoms with van der Waals surface area (Å²) >= 11 is 0. The van der Waals surface area contributed by atoms with E-state index in [-0.39, 0.29) is 17.9 Å². The van der Waals surface area contributed by atoms with Crippen molar-refractivity contribution in [1.82, 2.24) is 19.7 Å². The second kappa shape index (κ2) is 11.0. The van der Waals surface area contributed by atoms with Crippen LogP contribution in [0, 0.1) is 0 Å². The van der Waals surface area contributed by atoms with Gasteiger partial charge in [-0.25, -0.2) is 0 Å². The Bertz CT molecular complexity index is 1070. The third kappa shape index (κ3) is 5.06. The smallest absolute Gasteiger partial charge is 0.271 e. The summed E-state index contributed by atoms with van der Waals surface area (Å²) in [5, 5.41) is 4.47. The molecule has 196 valence electrons. The molecule has 2 aromatic rings. The van der Waals surface area contributed by atoms with E-state index in [1.807, 2.05) is 30.0 Å². The summed E-state index contributed by atoms with van der Waals surface area (Å²) in [6.45, 7) is 7.54. The number of para-hydroxylation sites is 1. The number of carbonyl (C=O) groups is 2. The van der Waals surface area contributed by atoms with Crippen LogP contribution in [0.25, 0.3) is 10.9 Å². The van der Waals surface area contributed by atoms with Gasteiger partial charge in [0.15, 0.2) is 0 Å². The van der Waals surface area contributed by atoms with Gasteiger partial charge >= 0.3 is 0 Å². The first-order valence-electron chi connectivity index (χ1n) is 14.4. The van der Waals surface area contributed by atoms with Crippen molar-refractivity contribution in [1.29, 1.82) is 0 Å². The van der Waals surface area contributed by atoms with Gasteiger partial charge in [0.1, 0.15) is 11.2 Å². The third-order valence-corrected chi connectivity index (χ3v) is 9.03. The van der Waals surface area contributed by atoms with E-state index in [1.54, 1.807) is 0 Å². The topological polar surface area (TPSA) is 57.6 Å². The van der Waals surface area contributed by atoms with Gasteiger partial charge in [-0.1, -0.05) is 56.7 Å². The maximum atomic E-state index is 14.0. The highest BCUT2D eigenvalue weighted by Gasteiger charge is 2.47. The van der Waals surface area contributed by atoms with Crippen molar-refractivity contribution in [3.8, 4) is 0 Å². The molecule has 1 saturated heterocycles. The molecule has 1 aromatic heterocycles. The highest BCUT2D eigenvalue weighted by atomic mass is 16.2. The number of nitrogens with zero attached hydrogens (tertiary/aromatic N) is 3. The largest absolute Gasteiger partial charge is 0.351 e. The minimum absolute atomic E-state index is 0.0104. The molecular weight excluding hydrogens is 448 g/mol. The van der Waals surface area contributed by atoms with E-state index in [2.05, 4.69) is 33.8 Å². The number of fused-ring (bicyclic) bond motifs is 3.